The van der Waals surface area contributed by atoms with Crippen LogP contribution in [0.5, 0.6) is 17.2 Å². The molecule has 2 fully saturated rings. The van der Waals surface area contributed by atoms with Crippen LogP contribution in [0, 0.1) is 0 Å². The second kappa shape index (κ2) is 12.6. The van der Waals surface area contributed by atoms with Crippen LogP contribution in [-0.4, -0.2) is 61.2 Å². The molecule has 3 aromatic carbocycles. The highest BCUT2D eigenvalue weighted by atomic mass is 35.5. The summed E-state index contributed by atoms with van der Waals surface area (Å²) in [7, 11) is 1.27. The first-order valence-corrected chi connectivity index (χ1v) is 14.7. The number of methoxy groups -OCH3 is 1. The Morgan fingerprint density at radius 3 is 2.45 bits per heavy atom. The van der Waals surface area contributed by atoms with E-state index in [0.29, 0.717) is 59.5 Å². The van der Waals surface area contributed by atoms with E-state index in [4.69, 9.17) is 30.5 Å². The number of rotatable bonds is 7. The Hall–Kier alpha value is -4.61. The number of amides is 4. The fourth-order valence-electron chi connectivity index (χ4n) is 5.62. The third kappa shape index (κ3) is 5.80. The summed E-state index contributed by atoms with van der Waals surface area (Å²) in [5.41, 5.74) is 1.66. The maximum Gasteiger partial charge on any atom is 0.418 e. The van der Waals surface area contributed by atoms with E-state index in [2.05, 4.69) is 5.32 Å². The number of hydrogen-bond donors (Lipinski definition) is 1. The lowest BCUT2D eigenvalue weighted by molar-refractivity contribution is -0.136. The monoisotopic (exact) mass is 619 g/mol. The fourth-order valence-corrected chi connectivity index (χ4v) is 5.79. The van der Waals surface area contributed by atoms with Crippen LogP contribution in [0.4, 0.5) is 16.2 Å². The van der Waals surface area contributed by atoms with Gasteiger partial charge in [-0.15, -0.1) is 0 Å². The van der Waals surface area contributed by atoms with Gasteiger partial charge in [0.25, 0.3) is 5.91 Å². The number of imide groups is 1. The molecule has 3 heterocycles. The average molecular weight is 620 g/mol. The van der Waals surface area contributed by atoms with Gasteiger partial charge in [-0.3, -0.25) is 19.7 Å². The lowest BCUT2D eigenvalue weighted by atomic mass is 10.0. The van der Waals surface area contributed by atoms with Gasteiger partial charge in [-0.1, -0.05) is 29.8 Å². The SMILES string of the molecule is COC(=O)N(c1ccc(Oc2ccccc2Cl)cc1)c1ccc2c(c1OC1CCOCC1)C(=O)N(C1CCC(=O)NC1=O)C2. The summed E-state index contributed by atoms with van der Waals surface area (Å²) in [6.07, 6.45) is 0.594. The molecule has 0 spiro atoms. The number of halogens is 1. The number of nitrogens with one attached hydrogen (secondary N) is 1. The van der Waals surface area contributed by atoms with Crippen molar-refractivity contribution in [3.63, 3.8) is 0 Å². The third-order valence-corrected chi connectivity index (χ3v) is 8.15. The van der Waals surface area contributed by atoms with Crippen molar-refractivity contribution < 1.29 is 38.1 Å². The van der Waals surface area contributed by atoms with Gasteiger partial charge in [0, 0.05) is 25.8 Å². The van der Waals surface area contributed by atoms with Crippen LogP contribution in [0.25, 0.3) is 0 Å². The number of carbonyl (C=O) groups is 4. The number of benzene rings is 3. The van der Waals surface area contributed by atoms with Gasteiger partial charge >= 0.3 is 6.09 Å². The van der Waals surface area contributed by atoms with Crippen LogP contribution in [0.3, 0.4) is 0 Å². The Balaban J connectivity index is 1.38. The molecular weight excluding hydrogens is 590 g/mol. The normalized spacial score (nSPS) is 18.5. The lowest BCUT2D eigenvalue weighted by Crippen LogP contribution is -2.52. The molecule has 1 unspecified atom stereocenters. The largest absolute Gasteiger partial charge is 0.487 e. The maximum atomic E-state index is 14.0. The van der Waals surface area contributed by atoms with Gasteiger partial charge in [-0.2, -0.15) is 0 Å². The predicted octanol–water partition coefficient (Wildman–Crippen LogP) is 5.36. The predicted molar refractivity (Wildman–Crippen MR) is 159 cm³/mol. The van der Waals surface area contributed by atoms with E-state index < -0.39 is 23.9 Å². The smallest absolute Gasteiger partial charge is 0.418 e. The highest BCUT2D eigenvalue weighted by molar-refractivity contribution is 6.32. The summed E-state index contributed by atoms with van der Waals surface area (Å²) in [5.74, 6) is -0.0864. The molecule has 44 heavy (non-hydrogen) atoms. The molecule has 12 heteroatoms. The van der Waals surface area contributed by atoms with E-state index in [1.54, 1.807) is 54.6 Å². The molecule has 2 saturated heterocycles. The average Bonchev–Trinajstić information content (AvgIpc) is 3.36. The quantitative estimate of drug-likeness (QED) is 0.351. The van der Waals surface area contributed by atoms with E-state index in [1.807, 2.05) is 6.07 Å². The van der Waals surface area contributed by atoms with Gasteiger partial charge in [-0.25, -0.2) is 9.69 Å². The molecular formula is C32H30ClN3O8. The number of anilines is 2. The third-order valence-electron chi connectivity index (χ3n) is 7.84. The minimum atomic E-state index is -0.797. The molecule has 11 nitrogen and oxygen atoms in total. The van der Waals surface area contributed by atoms with Crippen molar-refractivity contribution in [2.45, 2.75) is 44.4 Å². The van der Waals surface area contributed by atoms with Crippen molar-refractivity contribution in [2.75, 3.05) is 25.2 Å². The van der Waals surface area contributed by atoms with E-state index in [9.17, 15) is 19.2 Å². The minimum absolute atomic E-state index is 0.138. The van der Waals surface area contributed by atoms with Gasteiger partial charge in [0.15, 0.2) is 5.75 Å². The lowest BCUT2D eigenvalue weighted by Gasteiger charge is -2.30. The van der Waals surface area contributed by atoms with E-state index >= 15 is 0 Å². The van der Waals surface area contributed by atoms with Gasteiger partial charge in [0.05, 0.1) is 42.3 Å². The zero-order valence-corrected chi connectivity index (χ0v) is 24.7. The van der Waals surface area contributed by atoms with Crippen LogP contribution >= 0.6 is 11.6 Å². The molecule has 1 atom stereocenters. The first-order chi connectivity index (χ1) is 21.3. The number of para-hydroxylation sites is 1. The van der Waals surface area contributed by atoms with E-state index in [-0.39, 0.29) is 42.7 Å². The van der Waals surface area contributed by atoms with Crippen molar-refractivity contribution in [1.82, 2.24) is 10.2 Å². The zero-order chi connectivity index (χ0) is 30.8. The molecule has 0 saturated carbocycles. The first-order valence-electron chi connectivity index (χ1n) is 14.3. The van der Waals surface area contributed by atoms with Gasteiger partial charge in [-0.05, 0) is 54.4 Å². The fraction of sp³-hybridized carbons (Fsp3) is 0.312. The molecule has 1 N–H and O–H groups in total. The summed E-state index contributed by atoms with van der Waals surface area (Å²) >= 11 is 6.24. The second-order valence-corrected chi connectivity index (χ2v) is 11.0. The standard InChI is InChI=1S/C32H30ClN3O8/c1-41-32(40)36(20-7-9-21(10-8-20)43-26-5-3-2-4-23(26)33)24-11-6-19-18-35(25-12-13-27(37)34-30(25)38)31(39)28(19)29(24)44-22-14-16-42-17-15-22/h2-11,22,25H,12-18H2,1H3,(H,34,37,38). The molecule has 0 bridgehead atoms. The number of nitrogens with zero attached hydrogens (tertiary/aromatic N) is 2. The Morgan fingerprint density at radius 2 is 1.75 bits per heavy atom. The van der Waals surface area contributed by atoms with Crippen molar-refractivity contribution in [2.24, 2.45) is 0 Å². The molecule has 0 radical (unpaired) electrons. The topological polar surface area (TPSA) is 124 Å². The van der Waals surface area contributed by atoms with Crippen molar-refractivity contribution >= 4 is 46.8 Å². The number of fused-ring (bicyclic) bond motifs is 1. The van der Waals surface area contributed by atoms with Crippen LogP contribution in [-0.2, 0) is 25.6 Å². The summed E-state index contributed by atoms with van der Waals surface area (Å²) in [5, 5.41) is 2.78. The molecule has 3 aliphatic rings. The molecule has 4 amide bonds. The molecule has 228 valence electrons. The highest BCUT2D eigenvalue weighted by Gasteiger charge is 2.42. The number of carbonyl (C=O) groups excluding carboxylic acids is 4. The second-order valence-electron chi connectivity index (χ2n) is 10.6. The van der Waals surface area contributed by atoms with Crippen LogP contribution in [0.1, 0.15) is 41.6 Å². The minimum Gasteiger partial charge on any atom is -0.487 e. The first kappa shape index (κ1) is 29.5. The number of piperidine rings is 1. The van der Waals surface area contributed by atoms with Gasteiger partial charge < -0.3 is 23.8 Å². The Morgan fingerprint density at radius 1 is 1.00 bits per heavy atom. The number of hydrogen-bond acceptors (Lipinski definition) is 8. The molecule has 0 aromatic heterocycles. The zero-order valence-electron chi connectivity index (χ0n) is 23.9. The summed E-state index contributed by atoms with van der Waals surface area (Å²) in [6, 6.07) is 16.5. The Bertz CT molecular complexity index is 1610. The summed E-state index contributed by atoms with van der Waals surface area (Å²) in [4.78, 5) is 54.5. The van der Waals surface area contributed by atoms with Gasteiger partial charge in [0.1, 0.15) is 23.6 Å². The molecule has 3 aromatic rings. The van der Waals surface area contributed by atoms with E-state index in [0.717, 1.165) is 0 Å². The molecule has 6 rings (SSSR count). The van der Waals surface area contributed by atoms with Crippen molar-refractivity contribution in [3.05, 3.63) is 76.8 Å². The van der Waals surface area contributed by atoms with Gasteiger partial charge in [0.2, 0.25) is 11.8 Å². The highest BCUT2D eigenvalue weighted by Crippen LogP contribution is 2.44. The number of ether oxygens (including phenoxy) is 4. The summed E-state index contributed by atoms with van der Waals surface area (Å²) < 4.78 is 23.1. The Kier molecular flexibility index (Phi) is 8.40. The van der Waals surface area contributed by atoms with Crippen molar-refractivity contribution in [3.8, 4) is 17.2 Å². The molecule has 0 aliphatic carbocycles. The maximum absolute atomic E-state index is 14.0. The van der Waals surface area contributed by atoms with Crippen LogP contribution in [0.15, 0.2) is 60.7 Å². The summed E-state index contributed by atoms with van der Waals surface area (Å²) in [6.45, 7) is 1.16. The Labute approximate surface area is 258 Å². The van der Waals surface area contributed by atoms with Crippen LogP contribution < -0.4 is 19.7 Å². The van der Waals surface area contributed by atoms with Crippen molar-refractivity contribution in [1.29, 1.82) is 0 Å². The van der Waals surface area contributed by atoms with E-state index in [1.165, 1.54) is 16.9 Å². The van der Waals surface area contributed by atoms with Crippen LogP contribution in [0.2, 0.25) is 5.02 Å². The molecule has 3 aliphatic heterocycles.